The van der Waals surface area contributed by atoms with E-state index >= 15 is 0 Å². The Kier molecular flexibility index (Phi) is 3.75. The average molecular weight is 317 g/mol. The Morgan fingerprint density at radius 3 is 2.48 bits per heavy atom. The lowest BCUT2D eigenvalue weighted by Crippen LogP contribution is -2.54. The first-order chi connectivity index (χ1) is 10.9. The van der Waals surface area contributed by atoms with Crippen LogP contribution in [0.2, 0.25) is 0 Å². The molecule has 4 saturated carbocycles. The summed E-state index contributed by atoms with van der Waals surface area (Å²) in [5.74, 6) is 4.84. The molecule has 0 saturated heterocycles. The molecule has 0 aromatic rings. The zero-order valence-corrected chi connectivity index (χ0v) is 15.7. The molecule has 0 heterocycles. The monoisotopic (exact) mass is 316 g/mol. The zero-order valence-electron chi connectivity index (χ0n) is 15.7. The maximum absolute atomic E-state index is 13.0. The highest BCUT2D eigenvalue weighted by Gasteiger charge is 2.62. The molecule has 0 aromatic carbocycles. The van der Waals surface area contributed by atoms with Crippen LogP contribution < -0.4 is 0 Å². The van der Waals surface area contributed by atoms with Crippen LogP contribution in [-0.4, -0.2) is 5.78 Å². The van der Waals surface area contributed by atoms with Crippen LogP contribution in [0.5, 0.6) is 0 Å². The summed E-state index contributed by atoms with van der Waals surface area (Å²) < 4.78 is 0. The summed E-state index contributed by atoms with van der Waals surface area (Å²) in [6.07, 6.45) is 12.1. The molecule has 4 rings (SSSR count). The van der Waals surface area contributed by atoms with E-state index < -0.39 is 0 Å². The molecule has 4 aliphatic carbocycles. The van der Waals surface area contributed by atoms with Gasteiger partial charge in [0.05, 0.1) is 0 Å². The molecule has 0 N–H and O–H groups in total. The molecule has 130 valence electrons. The van der Waals surface area contributed by atoms with Crippen molar-refractivity contribution in [3.05, 3.63) is 0 Å². The third-order valence-corrected chi connectivity index (χ3v) is 9.22. The summed E-state index contributed by atoms with van der Waals surface area (Å²) in [4.78, 5) is 13.0. The number of hydrogen-bond acceptors (Lipinski definition) is 1. The number of rotatable bonds is 1. The summed E-state index contributed by atoms with van der Waals surface area (Å²) in [7, 11) is 0. The average Bonchev–Trinajstić information content (AvgIpc) is 2.78. The highest BCUT2D eigenvalue weighted by Crippen LogP contribution is 2.67. The van der Waals surface area contributed by atoms with Crippen LogP contribution in [-0.2, 0) is 4.79 Å². The Hall–Kier alpha value is -0.330. The molecule has 0 bridgehead atoms. The molecule has 7 atom stereocenters. The number of carbonyl (C=O) groups is 1. The standard InChI is InChI=1S/C22H36O/c1-14(2)18-13-19(23)20-16-9-8-15-7-5-6-11-21(15,3)17(16)10-12-22(18,20)4/h14-18,20H,5-13H2,1-4H3. The fraction of sp³-hybridized carbons (Fsp3) is 0.955. The Bertz CT molecular complexity index is 494. The summed E-state index contributed by atoms with van der Waals surface area (Å²) >= 11 is 0. The number of carbonyl (C=O) groups excluding carboxylic acids is 1. The molecule has 7 unspecified atom stereocenters. The van der Waals surface area contributed by atoms with E-state index in [2.05, 4.69) is 27.7 Å². The van der Waals surface area contributed by atoms with Gasteiger partial charge in [0.1, 0.15) is 5.78 Å². The van der Waals surface area contributed by atoms with Crippen LogP contribution in [0.3, 0.4) is 0 Å². The van der Waals surface area contributed by atoms with E-state index in [0.717, 1.165) is 18.3 Å². The number of fused-ring (bicyclic) bond motifs is 5. The predicted octanol–water partition coefficient (Wildman–Crippen LogP) is 5.87. The molecule has 1 heteroatoms. The molecular formula is C22H36O. The van der Waals surface area contributed by atoms with E-state index in [4.69, 9.17) is 0 Å². The SMILES string of the molecule is CC(C)C1CC(=O)C2C3CCC4CCCCC4(C)C3CCC12C. The maximum Gasteiger partial charge on any atom is 0.137 e. The minimum absolute atomic E-state index is 0.310. The normalized spacial score (nSPS) is 52.9. The largest absolute Gasteiger partial charge is 0.299 e. The van der Waals surface area contributed by atoms with Crippen LogP contribution in [0.1, 0.15) is 85.5 Å². The molecule has 0 spiro atoms. The van der Waals surface area contributed by atoms with Crippen molar-refractivity contribution in [3.63, 3.8) is 0 Å². The van der Waals surface area contributed by atoms with Crippen LogP contribution in [0.25, 0.3) is 0 Å². The van der Waals surface area contributed by atoms with Gasteiger partial charge in [0.15, 0.2) is 0 Å². The minimum Gasteiger partial charge on any atom is -0.299 e. The Balaban J connectivity index is 1.67. The predicted molar refractivity (Wildman–Crippen MR) is 95.1 cm³/mol. The van der Waals surface area contributed by atoms with Gasteiger partial charge in [0, 0.05) is 12.3 Å². The van der Waals surface area contributed by atoms with E-state index in [0.29, 0.717) is 40.3 Å². The van der Waals surface area contributed by atoms with Crippen LogP contribution >= 0.6 is 0 Å². The number of hydrogen-bond donors (Lipinski definition) is 0. The molecule has 1 nitrogen and oxygen atoms in total. The molecular weight excluding hydrogens is 280 g/mol. The molecule has 4 fully saturated rings. The van der Waals surface area contributed by atoms with Gasteiger partial charge < -0.3 is 0 Å². The van der Waals surface area contributed by atoms with Crippen molar-refractivity contribution >= 4 is 5.78 Å². The van der Waals surface area contributed by atoms with Crippen molar-refractivity contribution < 1.29 is 4.79 Å². The van der Waals surface area contributed by atoms with Crippen molar-refractivity contribution in [3.8, 4) is 0 Å². The fourth-order valence-electron chi connectivity index (χ4n) is 8.13. The van der Waals surface area contributed by atoms with Gasteiger partial charge in [0.2, 0.25) is 0 Å². The number of ketones is 1. The highest BCUT2D eigenvalue weighted by molar-refractivity contribution is 5.85. The lowest BCUT2D eigenvalue weighted by atomic mass is 9.44. The van der Waals surface area contributed by atoms with Crippen molar-refractivity contribution in [2.24, 2.45) is 46.3 Å². The quantitative estimate of drug-likeness (QED) is 0.591. The second kappa shape index (κ2) is 5.33. The van der Waals surface area contributed by atoms with Crippen LogP contribution in [0.4, 0.5) is 0 Å². The molecule has 4 aliphatic rings. The fourth-order valence-corrected chi connectivity index (χ4v) is 8.13. The molecule has 0 aliphatic heterocycles. The molecule has 0 aromatic heterocycles. The number of Topliss-reactive ketones (excluding diaryl/α,β-unsaturated/α-hetero) is 1. The summed E-state index contributed by atoms with van der Waals surface area (Å²) in [5.41, 5.74) is 0.864. The van der Waals surface area contributed by atoms with Gasteiger partial charge in [-0.1, -0.05) is 40.5 Å². The Labute approximate surface area is 143 Å². The van der Waals surface area contributed by atoms with E-state index in [1.807, 2.05) is 0 Å². The van der Waals surface area contributed by atoms with E-state index in [-0.39, 0.29) is 0 Å². The minimum atomic E-state index is 0.310. The Morgan fingerprint density at radius 1 is 0.957 bits per heavy atom. The maximum atomic E-state index is 13.0. The third kappa shape index (κ3) is 2.13. The lowest BCUT2D eigenvalue weighted by molar-refractivity contribution is -0.140. The van der Waals surface area contributed by atoms with Crippen molar-refractivity contribution in [2.75, 3.05) is 0 Å². The molecule has 23 heavy (non-hydrogen) atoms. The second-order valence-electron chi connectivity index (χ2n) is 10.3. The van der Waals surface area contributed by atoms with E-state index in [1.54, 1.807) is 0 Å². The second-order valence-corrected chi connectivity index (χ2v) is 10.3. The van der Waals surface area contributed by atoms with Gasteiger partial charge >= 0.3 is 0 Å². The van der Waals surface area contributed by atoms with Crippen molar-refractivity contribution in [2.45, 2.75) is 85.5 Å². The first-order valence-electron chi connectivity index (χ1n) is 10.4. The van der Waals surface area contributed by atoms with E-state index in [9.17, 15) is 4.79 Å². The van der Waals surface area contributed by atoms with Gasteiger partial charge in [-0.3, -0.25) is 4.79 Å². The van der Waals surface area contributed by atoms with Crippen LogP contribution in [0.15, 0.2) is 0 Å². The van der Waals surface area contributed by atoms with Gasteiger partial charge in [-0.05, 0) is 78.9 Å². The van der Waals surface area contributed by atoms with Crippen molar-refractivity contribution in [1.82, 2.24) is 0 Å². The van der Waals surface area contributed by atoms with Crippen LogP contribution in [0, 0.1) is 46.3 Å². The first kappa shape index (κ1) is 16.2. The Morgan fingerprint density at radius 2 is 1.74 bits per heavy atom. The zero-order chi connectivity index (χ0) is 16.4. The highest BCUT2D eigenvalue weighted by atomic mass is 16.1. The van der Waals surface area contributed by atoms with Gasteiger partial charge in [-0.25, -0.2) is 0 Å². The topological polar surface area (TPSA) is 17.1 Å². The molecule has 0 amide bonds. The van der Waals surface area contributed by atoms with Gasteiger partial charge in [-0.15, -0.1) is 0 Å². The van der Waals surface area contributed by atoms with Gasteiger partial charge in [-0.2, -0.15) is 0 Å². The van der Waals surface area contributed by atoms with Gasteiger partial charge in [0.25, 0.3) is 0 Å². The smallest absolute Gasteiger partial charge is 0.137 e. The van der Waals surface area contributed by atoms with Crippen molar-refractivity contribution in [1.29, 1.82) is 0 Å². The third-order valence-electron chi connectivity index (χ3n) is 9.22. The first-order valence-corrected chi connectivity index (χ1v) is 10.4. The summed E-state index contributed by atoms with van der Waals surface area (Å²) in [6, 6.07) is 0. The summed E-state index contributed by atoms with van der Waals surface area (Å²) in [5, 5.41) is 0. The summed E-state index contributed by atoms with van der Waals surface area (Å²) in [6.45, 7) is 9.78. The van der Waals surface area contributed by atoms with E-state index in [1.165, 1.54) is 51.4 Å². The molecule has 0 radical (unpaired) electrons. The lowest BCUT2D eigenvalue weighted by Gasteiger charge is -2.60.